The lowest BCUT2D eigenvalue weighted by atomic mass is 10.1. The van der Waals surface area contributed by atoms with Crippen LogP contribution in [-0.4, -0.2) is 22.4 Å². The SMILES string of the molecule is O=C(Nc1ccc(F)cn1)[C@H]1CCSC1. The zero-order chi connectivity index (χ0) is 10.7. The fourth-order valence-electron chi connectivity index (χ4n) is 1.42. The van der Waals surface area contributed by atoms with E-state index in [1.54, 1.807) is 11.8 Å². The minimum absolute atomic E-state index is 0.0147. The van der Waals surface area contributed by atoms with E-state index in [1.165, 1.54) is 12.1 Å². The molecule has 15 heavy (non-hydrogen) atoms. The van der Waals surface area contributed by atoms with Crippen molar-refractivity contribution in [2.45, 2.75) is 6.42 Å². The van der Waals surface area contributed by atoms with E-state index in [0.717, 1.165) is 24.1 Å². The number of halogens is 1. The van der Waals surface area contributed by atoms with E-state index in [0.29, 0.717) is 5.82 Å². The highest BCUT2D eigenvalue weighted by molar-refractivity contribution is 7.99. The Morgan fingerprint density at radius 1 is 1.60 bits per heavy atom. The summed E-state index contributed by atoms with van der Waals surface area (Å²) in [5.41, 5.74) is 0. The summed E-state index contributed by atoms with van der Waals surface area (Å²) < 4.78 is 12.5. The first-order chi connectivity index (χ1) is 7.25. The van der Waals surface area contributed by atoms with Crippen molar-refractivity contribution < 1.29 is 9.18 Å². The molecule has 1 fully saturated rings. The van der Waals surface area contributed by atoms with Crippen LogP contribution in [0.1, 0.15) is 6.42 Å². The Bertz CT molecular complexity index is 349. The van der Waals surface area contributed by atoms with Crippen LogP contribution in [0.5, 0.6) is 0 Å². The summed E-state index contributed by atoms with van der Waals surface area (Å²) in [6.45, 7) is 0. The zero-order valence-corrected chi connectivity index (χ0v) is 8.89. The lowest BCUT2D eigenvalue weighted by Crippen LogP contribution is -2.22. The maximum Gasteiger partial charge on any atom is 0.229 e. The van der Waals surface area contributed by atoms with Gasteiger partial charge in [0.25, 0.3) is 0 Å². The molecule has 1 aromatic heterocycles. The highest BCUT2D eigenvalue weighted by Gasteiger charge is 2.23. The number of hydrogen-bond acceptors (Lipinski definition) is 3. The number of amides is 1. The van der Waals surface area contributed by atoms with E-state index in [2.05, 4.69) is 10.3 Å². The number of nitrogens with zero attached hydrogens (tertiary/aromatic N) is 1. The molecular weight excluding hydrogens is 215 g/mol. The van der Waals surface area contributed by atoms with Crippen molar-refractivity contribution in [3.8, 4) is 0 Å². The molecular formula is C10H11FN2OS. The molecule has 3 nitrogen and oxygen atoms in total. The quantitative estimate of drug-likeness (QED) is 0.837. The Balaban J connectivity index is 1.96. The van der Waals surface area contributed by atoms with Gasteiger partial charge in [-0.15, -0.1) is 0 Å². The summed E-state index contributed by atoms with van der Waals surface area (Å²) >= 11 is 1.78. The minimum Gasteiger partial charge on any atom is -0.310 e. The molecule has 1 aliphatic rings. The molecule has 0 aromatic carbocycles. The minimum atomic E-state index is -0.399. The summed E-state index contributed by atoms with van der Waals surface area (Å²) in [5, 5.41) is 2.68. The summed E-state index contributed by atoms with van der Waals surface area (Å²) in [4.78, 5) is 15.4. The maximum absolute atomic E-state index is 12.5. The second-order valence-corrected chi connectivity index (χ2v) is 4.56. The number of anilines is 1. The molecule has 1 N–H and O–H groups in total. The summed E-state index contributed by atoms with van der Waals surface area (Å²) in [7, 11) is 0. The smallest absolute Gasteiger partial charge is 0.229 e. The fraction of sp³-hybridized carbons (Fsp3) is 0.400. The van der Waals surface area contributed by atoms with E-state index in [-0.39, 0.29) is 11.8 Å². The van der Waals surface area contributed by atoms with Gasteiger partial charge in [-0.1, -0.05) is 0 Å². The van der Waals surface area contributed by atoms with Crippen molar-refractivity contribution in [1.82, 2.24) is 4.98 Å². The number of carbonyl (C=O) groups is 1. The summed E-state index contributed by atoms with van der Waals surface area (Å²) in [6.07, 6.45) is 2.01. The first-order valence-electron chi connectivity index (χ1n) is 4.76. The van der Waals surface area contributed by atoms with Crippen LogP contribution >= 0.6 is 11.8 Å². The van der Waals surface area contributed by atoms with E-state index in [4.69, 9.17) is 0 Å². The third kappa shape index (κ3) is 2.68. The van der Waals surface area contributed by atoms with Gasteiger partial charge in [0, 0.05) is 11.7 Å². The first kappa shape index (κ1) is 10.4. The van der Waals surface area contributed by atoms with Gasteiger partial charge in [0.05, 0.1) is 6.20 Å². The van der Waals surface area contributed by atoms with Crippen molar-refractivity contribution in [3.05, 3.63) is 24.1 Å². The number of pyridine rings is 1. The number of carbonyl (C=O) groups excluding carboxylic acids is 1. The Kier molecular flexibility index (Phi) is 3.20. The molecule has 1 saturated heterocycles. The third-order valence-corrected chi connectivity index (χ3v) is 3.44. The molecule has 2 heterocycles. The lowest BCUT2D eigenvalue weighted by molar-refractivity contribution is -0.119. The third-order valence-electron chi connectivity index (χ3n) is 2.28. The first-order valence-corrected chi connectivity index (χ1v) is 5.91. The summed E-state index contributed by atoms with van der Waals surface area (Å²) in [5.74, 6) is 1.98. The van der Waals surface area contributed by atoms with Gasteiger partial charge in [-0.2, -0.15) is 11.8 Å². The Labute approximate surface area is 91.5 Å². The molecule has 5 heteroatoms. The van der Waals surface area contributed by atoms with Crippen LogP contribution in [0.2, 0.25) is 0 Å². The molecule has 0 bridgehead atoms. The van der Waals surface area contributed by atoms with E-state index in [1.807, 2.05) is 0 Å². The van der Waals surface area contributed by atoms with Gasteiger partial charge in [-0.3, -0.25) is 4.79 Å². The van der Waals surface area contributed by atoms with Gasteiger partial charge in [-0.25, -0.2) is 9.37 Å². The second-order valence-electron chi connectivity index (χ2n) is 3.41. The van der Waals surface area contributed by atoms with Gasteiger partial charge < -0.3 is 5.32 Å². The Hall–Kier alpha value is -1.10. The fourth-order valence-corrected chi connectivity index (χ4v) is 2.64. The van der Waals surface area contributed by atoms with Crippen molar-refractivity contribution in [1.29, 1.82) is 0 Å². The largest absolute Gasteiger partial charge is 0.310 e. The van der Waals surface area contributed by atoms with Crippen LogP contribution in [0.4, 0.5) is 10.2 Å². The monoisotopic (exact) mass is 226 g/mol. The Morgan fingerprint density at radius 3 is 3.07 bits per heavy atom. The van der Waals surface area contributed by atoms with Crippen LogP contribution in [0.3, 0.4) is 0 Å². The Morgan fingerprint density at radius 2 is 2.47 bits per heavy atom. The molecule has 0 radical (unpaired) electrons. The van der Waals surface area contributed by atoms with E-state index in [9.17, 15) is 9.18 Å². The van der Waals surface area contributed by atoms with Crippen molar-refractivity contribution in [2.24, 2.45) is 5.92 Å². The number of thioether (sulfide) groups is 1. The van der Waals surface area contributed by atoms with Crippen LogP contribution in [0, 0.1) is 11.7 Å². The molecule has 0 aliphatic carbocycles. The predicted molar refractivity (Wildman–Crippen MR) is 58.3 cm³/mol. The highest BCUT2D eigenvalue weighted by atomic mass is 32.2. The molecule has 0 saturated carbocycles. The van der Waals surface area contributed by atoms with Gasteiger partial charge in [0.2, 0.25) is 5.91 Å². The molecule has 1 amide bonds. The van der Waals surface area contributed by atoms with Crippen LogP contribution in [0.25, 0.3) is 0 Å². The van der Waals surface area contributed by atoms with Gasteiger partial charge in [0.1, 0.15) is 11.6 Å². The standard InChI is InChI=1S/C10H11FN2OS/c11-8-1-2-9(12-5-8)13-10(14)7-3-4-15-6-7/h1-2,5,7H,3-4,6H2,(H,12,13,14)/t7-/m0/s1. The summed E-state index contributed by atoms with van der Waals surface area (Å²) in [6, 6.07) is 2.75. The zero-order valence-electron chi connectivity index (χ0n) is 8.07. The topological polar surface area (TPSA) is 42.0 Å². The average Bonchev–Trinajstić information content (AvgIpc) is 2.74. The van der Waals surface area contributed by atoms with Crippen LogP contribution < -0.4 is 5.32 Å². The lowest BCUT2D eigenvalue weighted by Gasteiger charge is -2.08. The van der Waals surface area contributed by atoms with Crippen molar-refractivity contribution >= 4 is 23.5 Å². The molecule has 0 unspecified atom stereocenters. The van der Waals surface area contributed by atoms with E-state index >= 15 is 0 Å². The number of aromatic nitrogens is 1. The molecule has 0 spiro atoms. The van der Waals surface area contributed by atoms with Gasteiger partial charge >= 0.3 is 0 Å². The molecule has 1 aliphatic heterocycles. The molecule has 1 aromatic rings. The van der Waals surface area contributed by atoms with Gasteiger partial charge in [-0.05, 0) is 24.3 Å². The van der Waals surface area contributed by atoms with Crippen molar-refractivity contribution in [3.63, 3.8) is 0 Å². The number of rotatable bonds is 2. The highest BCUT2D eigenvalue weighted by Crippen LogP contribution is 2.24. The predicted octanol–water partition coefficient (Wildman–Crippen LogP) is 1.91. The van der Waals surface area contributed by atoms with Crippen LogP contribution in [-0.2, 0) is 4.79 Å². The normalized spacial score (nSPS) is 20.2. The average molecular weight is 226 g/mol. The molecule has 2 rings (SSSR count). The number of hydrogen-bond donors (Lipinski definition) is 1. The molecule has 80 valence electrons. The molecule has 1 atom stereocenters. The number of nitrogens with one attached hydrogen (secondary N) is 1. The van der Waals surface area contributed by atoms with E-state index < -0.39 is 5.82 Å². The maximum atomic E-state index is 12.5. The van der Waals surface area contributed by atoms with Crippen molar-refractivity contribution in [2.75, 3.05) is 16.8 Å². The second kappa shape index (κ2) is 4.61. The van der Waals surface area contributed by atoms with Gasteiger partial charge in [0.15, 0.2) is 0 Å². The van der Waals surface area contributed by atoms with Crippen LogP contribution in [0.15, 0.2) is 18.3 Å².